The molecule has 1 unspecified atom stereocenters. The van der Waals surface area contributed by atoms with E-state index >= 15 is 0 Å². The SMILES string of the molecule is O=CN1CCN(C(=O)C2CC(=O)N(c3cccnc3)C2)CC1. The summed E-state index contributed by atoms with van der Waals surface area (Å²) in [5.41, 5.74) is 0.730. The quantitative estimate of drug-likeness (QED) is 0.721. The maximum Gasteiger partial charge on any atom is 0.228 e. The largest absolute Gasteiger partial charge is 0.342 e. The van der Waals surface area contributed by atoms with Crippen molar-refractivity contribution in [2.45, 2.75) is 6.42 Å². The lowest BCUT2D eigenvalue weighted by molar-refractivity contribution is -0.139. The van der Waals surface area contributed by atoms with Gasteiger partial charge in [0, 0.05) is 45.3 Å². The molecular weight excluding hydrogens is 284 g/mol. The number of nitrogens with zero attached hydrogens (tertiary/aromatic N) is 4. The molecule has 2 aliphatic rings. The van der Waals surface area contributed by atoms with Crippen LogP contribution in [0, 0.1) is 5.92 Å². The van der Waals surface area contributed by atoms with Crippen molar-refractivity contribution in [1.82, 2.24) is 14.8 Å². The number of pyridine rings is 1. The van der Waals surface area contributed by atoms with Crippen LogP contribution in [0.25, 0.3) is 0 Å². The first-order valence-electron chi connectivity index (χ1n) is 7.37. The van der Waals surface area contributed by atoms with Crippen molar-refractivity contribution in [3.8, 4) is 0 Å². The molecule has 0 spiro atoms. The van der Waals surface area contributed by atoms with Crippen LogP contribution >= 0.6 is 0 Å². The molecule has 0 aromatic carbocycles. The third kappa shape index (κ3) is 2.79. The molecule has 1 aromatic heterocycles. The standard InChI is InChI=1S/C15H18N4O3/c20-11-17-4-6-18(7-5-17)15(22)12-8-14(21)19(10-12)13-2-1-3-16-9-13/h1-3,9,11-12H,4-8,10H2. The minimum absolute atomic E-state index is 0.00490. The lowest BCUT2D eigenvalue weighted by Crippen LogP contribution is -2.50. The highest BCUT2D eigenvalue weighted by Crippen LogP contribution is 2.25. The van der Waals surface area contributed by atoms with E-state index < -0.39 is 0 Å². The van der Waals surface area contributed by atoms with Crippen molar-refractivity contribution in [3.63, 3.8) is 0 Å². The second-order valence-corrected chi connectivity index (χ2v) is 5.58. The Balaban J connectivity index is 1.63. The fourth-order valence-corrected chi connectivity index (χ4v) is 2.94. The molecule has 2 aliphatic heterocycles. The van der Waals surface area contributed by atoms with Crippen molar-refractivity contribution in [1.29, 1.82) is 0 Å². The van der Waals surface area contributed by atoms with E-state index in [0.29, 0.717) is 32.7 Å². The minimum atomic E-state index is -0.310. The maximum atomic E-state index is 12.5. The highest BCUT2D eigenvalue weighted by Gasteiger charge is 2.37. The summed E-state index contributed by atoms with van der Waals surface area (Å²) < 4.78 is 0. The molecule has 2 fully saturated rings. The van der Waals surface area contributed by atoms with E-state index in [4.69, 9.17) is 0 Å². The first-order valence-corrected chi connectivity index (χ1v) is 7.37. The summed E-state index contributed by atoms with van der Waals surface area (Å²) in [5, 5.41) is 0. The van der Waals surface area contributed by atoms with Crippen LogP contribution in [-0.2, 0) is 14.4 Å². The summed E-state index contributed by atoms with van der Waals surface area (Å²) in [7, 11) is 0. The van der Waals surface area contributed by atoms with E-state index in [1.54, 1.807) is 33.2 Å². The van der Waals surface area contributed by atoms with Crippen molar-refractivity contribution in [2.24, 2.45) is 5.92 Å². The first-order chi connectivity index (χ1) is 10.7. The molecule has 7 nitrogen and oxygen atoms in total. The van der Waals surface area contributed by atoms with Gasteiger partial charge in [-0.2, -0.15) is 0 Å². The number of anilines is 1. The molecule has 0 N–H and O–H groups in total. The van der Waals surface area contributed by atoms with Crippen LogP contribution in [0.2, 0.25) is 0 Å². The zero-order valence-electron chi connectivity index (χ0n) is 12.2. The lowest BCUT2D eigenvalue weighted by Gasteiger charge is -2.33. The Morgan fingerprint density at radius 3 is 2.68 bits per heavy atom. The molecule has 0 bridgehead atoms. The molecule has 1 aromatic rings. The lowest BCUT2D eigenvalue weighted by atomic mass is 10.1. The second kappa shape index (κ2) is 6.13. The van der Waals surface area contributed by atoms with Gasteiger partial charge in [-0.15, -0.1) is 0 Å². The average molecular weight is 302 g/mol. The number of piperazine rings is 1. The molecule has 116 valence electrons. The molecule has 3 rings (SSSR count). The number of carbonyl (C=O) groups is 3. The number of hydrogen-bond acceptors (Lipinski definition) is 4. The number of hydrogen-bond donors (Lipinski definition) is 0. The van der Waals surface area contributed by atoms with Gasteiger partial charge in [-0.25, -0.2) is 0 Å². The minimum Gasteiger partial charge on any atom is -0.342 e. The predicted octanol–water partition coefficient (Wildman–Crippen LogP) is -0.265. The van der Waals surface area contributed by atoms with Gasteiger partial charge >= 0.3 is 0 Å². The fraction of sp³-hybridized carbons (Fsp3) is 0.467. The van der Waals surface area contributed by atoms with Gasteiger partial charge in [0.2, 0.25) is 18.2 Å². The highest BCUT2D eigenvalue weighted by molar-refractivity contribution is 6.00. The summed E-state index contributed by atoms with van der Waals surface area (Å²) in [6.07, 6.45) is 4.33. The molecule has 1 atom stereocenters. The van der Waals surface area contributed by atoms with Gasteiger partial charge in [0.15, 0.2) is 0 Å². The van der Waals surface area contributed by atoms with E-state index in [9.17, 15) is 14.4 Å². The molecule has 0 saturated carbocycles. The maximum absolute atomic E-state index is 12.5. The summed E-state index contributed by atoms with van der Waals surface area (Å²) in [5.74, 6) is -0.348. The van der Waals surface area contributed by atoms with Gasteiger partial charge in [-0.1, -0.05) is 0 Å². The Kier molecular flexibility index (Phi) is 4.04. The Bertz CT molecular complexity index is 569. The summed E-state index contributed by atoms with van der Waals surface area (Å²) in [6, 6.07) is 3.59. The zero-order valence-corrected chi connectivity index (χ0v) is 12.2. The van der Waals surface area contributed by atoms with Crippen molar-refractivity contribution in [2.75, 3.05) is 37.6 Å². The van der Waals surface area contributed by atoms with Gasteiger partial charge in [-0.05, 0) is 12.1 Å². The number of aromatic nitrogens is 1. The first kappa shape index (κ1) is 14.5. The van der Waals surface area contributed by atoms with Crippen molar-refractivity contribution < 1.29 is 14.4 Å². The van der Waals surface area contributed by atoms with E-state index in [1.165, 1.54) is 0 Å². The van der Waals surface area contributed by atoms with Crippen LogP contribution in [0.4, 0.5) is 5.69 Å². The van der Waals surface area contributed by atoms with E-state index in [-0.39, 0.29) is 24.2 Å². The third-order valence-corrected chi connectivity index (χ3v) is 4.21. The average Bonchev–Trinajstić information content (AvgIpc) is 2.97. The Labute approximate surface area is 128 Å². The molecule has 0 aliphatic carbocycles. The number of amides is 3. The van der Waals surface area contributed by atoms with Gasteiger partial charge in [0.05, 0.1) is 17.8 Å². The van der Waals surface area contributed by atoms with Gasteiger partial charge < -0.3 is 14.7 Å². The van der Waals surface area contributed by atoms with Crippen LogP contribution < -0.4 is 4.90 Å². The summed E-state index contributed by atoms with van der Waals surface area (Å²) in [6.45, 7) is 2.59. The monoisotopic (exact) mass is 302 g/mol. The number of carbonyl (C=O) groups excluding carboxylic acids is 3. The van der Waals surface area contributed by atoms with Gasteiger partial charge in [0.25, 0.3) is 0 Å². The molecule has 2 saturated heterocycles. The smallest absolute Gasteiger partial charge is 0.228 e. The molecule has 3 heterocycles. The normalized spacial score (nSPS) is 22.1. The molecule has 7 heteroatoms. The van der Waals surface area contributed by atoms with E-state index in [1.807, 2.05) is 6.07 Å². The Hall–Kier alpha value is -2.44. The molecule has 22 heavy (non-hydrogen) atoms. The van der Waals surface area contributed by atoms with E-state index in [0.717, 1.165) is 12.1 Å². The molecule has 0 radical (unpaired) electrons. The van der Waals surface area contributed by atoms with Crippen LogP contribution in [0.15, 0.2) is 24.5 Å². The summed E-state index contributed by atoms with van der Waals surface area (Å²) in [4.78, 5) is 44.4. The Morgan fingerprint density at radius 2 is 2.05 bits per heavy atom. The van der Waals surface area contributed by atoms with E-state index in [2.05, 4.69) is 4.98 Å². The fourth-order valence-electron chi connectivity index (χ4n) is 2.94. The summed E-state index contributed by atoms with van der Waals surface area (Å²) >= 11 is 0. The zero-order chi connectivity index (χ0) is 15.5. The molecule has 3 amide bonds. The number of rotatable bonds is 3. The third-order valence-electron chi connectivity index (χ3n) is 4.21. The predicted molar refractivity (Wildman–Crippen MR) is 78.9 cm³/mol. The van der Waals surface area contributed by atoms with Crippen LogP contribution in [-0.4, -0.2) is 65.7 Å². The highest BCUT2D eigenvalue weighted by atomic mass is 16.2. The van der Waals surface area contributed by atoms with Gasteiger partial charge in [-0.3, -0.25) is 19.4 Å². The van der Waals surface area contributed by atoms with Gasteiger partial charge in [0.1, 0.15) is 0 Å². The van der Waals surface area contributed by atoms with Crippen LogP contribution in [0.5, 0.6) is 0 Å². The Morgan fingerprint density at radius 1 is 1.27 bits per heavy atom. The van der Waals surface area contributed by atoms with Crippen LogP contribution in [0.1, 0.15) is 6.42 Å². The topological polar surface area (TPSA) is 73.8 Å². The second-order valence-electron chi connectivity index (χ2n) is 5.58. The van der Waals surface area contributed by atoms with Crippen molar-refractivity contribution in [3.05, 3.63) is 24.5 Å². The van der Waals surface area contributed by atoms with Crippen LogP contribution in [0.3, 0.4) is 0 Å². The van der Waals surface area contributed by atoms with Crippen molar-refractivity contribution >= 4 is 23.9 Å². The molecular formula is C15H18N4O3.